The Bertz CT molecular complexity index is 399. The van der Waals surface area contributed by atoms with Crippen LogP contribution in [0.5, 0.6) is 0 Å². The molecule has 6 heteroatoms. The zero-order chi connectivity index (χ0) is 13.5. The van der Waals surface area contributed by atoms with Gasteiger partial charge >= 0.3 is 5.97 Å². The first-order valence-corrected chi connectivity index (χ1v) is 5.94. The Kier molecular flexibility index (Phi) is 6.14. The second-order valence-corrected chi connectivity index (χ2v) is 3.87. The van der Waals surface area contributed by atoms with E-state index in [-0.39, 0.29) is 12.0 Å². The summed E-state index contributed by atoms with van der Waals surface area (Å²) in [5, 5.41) is 1.48. The topological polar surface area (TPSA) is 48.0 Å². The van der Waals surface area contributed by atoms with Gasteiger partial charge in [0.1, 0.15) is 0 Å². The minimum absolute atomic E-state index is 0.0912. The molecule has 1 rings (SSSR count). The monoisotopic (exact) mass is 271 g/mol. The van der Waals surface area contributed by atoms with E-state index in [4.69, 9.17) is 9.73 Å². The minimum atomic E-state index is -0.333. The second kappa shape index (κ2) is 7.38. The number of benzene rings is 1. The number of rotatable bonds is 6. The van der Waals surface area contributed by atoms with Crippen molar-refractivity contribution in [2.24, 2.45) is 0 Å². The fourth-order valence-electron chi connectivity index (χ4n) is 1.47. The summed E-state index contributed by atoms with van der Waals surface area (Å²) >= 11 is 3.51. The van der Waals surface area contributed by atoms with Gasteiger partial charge in [0.15, 0.2) is 0 Å². The highest BCUT2D eigenvalue weighted by Crippen LogP contribution is 2.20. The van der Waals surface area contributed by atoms with E-state index in [1.165, 1.54) is 5.06 Å². The molecule has 100 valence electrons. The number of ether oxygens (including phenoxy) is 1. The number of hydrogen-bond donors (Lipinski definition) is 1. The number of esters is 1. The van der Waals surface area contributed by atoms with Crippen LogP contribution in [0, 0.1) is 0 Å². The van der Waals surface area contributed by atoms with Crippen molar-refractivity contribution in [3.8, 4) is 0 Å². The highest BCUT2D eigenvalue weighted by molar-refractivity contribution is 7.74. The standard InChI is InChI=1S/C12H17NO4S/c1-4-15-12(14)11-7-5-6-10(8-11)9(2)13(3)16-17-18/h5-9,18H,4H2,1-3H3. The molecule has 0 bridgehead atoms. The van der Waals surface area contributed by atoms with Crippen LogP contribution < -0.4 is 0 Å². The van der Waals surface area contributed by atoms with Crippen LogP contribution in [-0.4, -0.2) is 24.7 Å². The van der Waals surface area contributed by atoms with Crippen LogP contribution in [0.25, 0.3) is 0 Å². The largest absolute Gasteiger partial charge is 0.462 e. The van der Waals surface area contributed by atoms with Crippen molar-refractivity contribution in [1.29, 1.82) is 0 Å². The highest BCUT2D eigenvalue weighted by atomic mass is 32.1. The Labute approximate surface area is 112 Å². The Hall–Kier alpha value is -1.08. The Balaban J connectivity index is 2.84. The van der Waals surface area contributed by atoms with Crippen molar-refractivity contribution in [1.82, 2.24) is 5.06 Å². The SMILES string of the molecule is CCOC(=O)c1cccc(C(C)N(C)OOS)c1. The van der Waals surface area contributed by atoms with Crippen LogP contribution in [0.2, 0.25) is 0 Å². The number of carbonyl (C=O) groups excluding carboxylic acids is 1. The quantitative estimate of drug-likeness (QED) is 0.283. The Morgan fingerprint density at radius 1 is 1.50 bits per heavy atom. The lowest BCUT2D eigenvalue weighted by atomic mass is 10.1. The summed E-state index contributed by atoms with van der Waals surface area (Å²) in [6.07, 6.45) is 0. The molecule has 1 aromatic rings. The van der Waals surface area contributed by atoms with Crippen molar-refractivity contribution in [3.63, 3.8) is 0 Å². The minimum Gasteiger partial charge on any atom is -0.462 e. The number of nitrogens with zero attached hydrogens (tertiary/aromatic N) is 1. The zero-order valence-electron chi connectivity index (χ0n) is 10.6. The molecular weight excluding hydrogens is 254 g/mol. The van der Waals surface area contributed by atoms with Gasteiger partial charge in [-0.15, -0.1) is 9.32 Å². The van der Waals surface area contributed by atoms with E-state index in [0.717, 1.165) is 5.56 Å². The molecule has 0 fully saturated rings. The maximum Gasteiger partial charge on any atom is 0.338 e. The molecule has 0 N–H and O–H groups in total. The average Bonchev–Trinajstić information content (AvgIpc) is 2.38. The molecule has 0 aliphatic carbocycles. The summed E-state index contributed by atoms with van der Waals surface area (Å²) in [6.45, 7) is 4.04. The molecular formula is C12H17NO4S. The lowest BCUT2D eigenvalue weighted by Gasteiger charge is -2.21. The molecule has 0 saturated carbocycles. The average molecular weight is 271 g/mol. The van der Waals surface area contributed by atoms with E-state index < -0.39 is 0 Å². The molecule has 0 saturated heterocycles. The van der Waals surface area contributed by atoms with Crippen LogP contribution in [0.1, 0.15) is 35.8 Å². The number of thiol groups is 1. The maximum absolute atomic E-state index is 11.6. The van der Waals surface area contributed by atoms with Gasteiger partial charge in [-0.3, -0.25) is 0 Å². The van der Waals surface area contributed by atoms with Gasteiger partial charge in [-0.2, -0.15) is 5.06 Å². The Morgan fingerprint density at radius 3 is 2.83 bits per heavy atom. The molecule has 1 aromatic carbocycles. The van der Waals surface area contributed by atoms with Gasteiger partial charge in [-0.25, -0.2) is 4.79 Å². The predicted octanol–water partition coefficient (Wildman–Crippen LogP) is 2.56. The molecule has 0 aliphatic heterocycles. The molecule has 0 spiro atoms. The van der Waals surface area contributed by atoms with E-state index in [1.807, 2.05) is 13.0 Å². The van der Waals surface area contributed by atoms with E-state index >= 15 is 0 Å². The van der Waals surface area contributed by atoms with E-state index in [0.29, 0.717) is 12.2 Å². The lowest BCUT2D eigenvalue weighted by molar-refractivity contribution is -0.362. The fraction of sp³-hybridized carbons (Fsp3) is 0.417. The lowest BCUT2D eigenvalue weighted by Crippen LogP contribution is -2.22. The van der Waals surface area contributed by atoms with Gasteiger partial charge in [0.25, 0.3) is 0 Å². The van der Waals surface area contributed by atoms with Gasteiger partial charge in [0.05, 0.1) is 18.2 Å². The molecule has 0 radical (unpaired) electrons. The smallest absolute Gasteiger partial charge is 0.338 e. The maximum atomic E-state index is 11.6. The van der Waals surface area contributed by atoms with Crippen molar-refractivity contribution >= 4 is 18.9 Å². The van der Waals surface area contributed by atoms with Gasteiger partial charge in [-0.05, 0) is 31.5 Å². The van der Waals surface area contributed by atoms with Crippen LogP contribution in [0.3, 0.4) is 0 Å². The molecule has 0 aliphatic rings. The van der Waals surface area contributed by atoms with Crippen molar-refractivity contribution < 1.29 is 18.9 Å². The summed E-state index contributed by atoms with van der Waals surface area (Å²) < 4.78 is 9.24. The third kappa shape index (κ3) is 3.99. The van der Waals surface area contributed by atoms with E-state index in [1.54, 1.807) is 32.2 Å². The Morgan fingerprint density at radius 2 is 2.22 bits per heavy atom. The third-order valence-corrected chi connectivity index (χ3v) is 2.64. The van der Waals surface area contributed by atoms with Crippen LogP contribution >= 0.6 is 12.9 Å². The highest BCUT2D eigenvalue weighted by Gasteiger charge is 2.15. The van der Waals surface area contributed by atoms with Gasteiger partial charge in [0.2, 0.25) is 0 Å². The summed E-state index contributed by atoms with van der Waals surface area (Å²) in [4.78, 5) is 16.4. The second-order valence-electron chi connectivity index (χ2n) is 3.72. The molecule has 5 nitrogen and oxygen atoms in total. The van der Waals surface area contributed by atoms with E-state index in [2.05, 4.69) is 17.2 Å². The number of hydrogen-bond acceptors (Lipinski definition) is 6. The van der Waals surface area contributed by atoms with E-state index in [9.17, 15) is 4.79 Å². The van der Waals surface area contributed by atoms with Crippen molar-refractivity contribution in [2.75, 3.05) is 13.7 Å². The van der Waals surface area contributed by atoms with Crippen LogP contribution in [0.15, 0.2) is 24.3 Å². The summed E-state index contributed by atoms with van der Waals surface area (Å²) in [5.74, 6) is -0.333. The van der Waals surface area contributed by atoms with Gasteiger partial charge in [0, 0.05) is 20.0 Å². The first-order chi connectivity index (χ1) is 8.60. The van der Waals surface area contributed by atoms with Gasteiger partial charge in [-0.1, -0.05) is 12.1 Å². The van der Waals surface area contributed by atoms with Crippen LogP contribution in [0.4, 0.5) is 0 Å². The zero-order valence-corrected chi connectivity index (χ0v) is 11.5. The third-order valence-electron chi connectivity index (χ3n) is 2.58. The first kappa shape index (κ1) is 15.0. The number of carbonyl (C=O) groups is 1. The van der Waals surface area contributed by atoms with Crippen LogP contribution in [-0.2, 0) is 14.1 Å². The van der Waals surface area contributed by atoms with Crippen molar-refractivity contribution in [2.45, 2.75) is 19.9 Å². The molecule has 0 heterocycles. The van der Waals surface area contributed by atoms with Gasteiger partial charge < -0.3 is 4.74 Å². The molecule has 1 unspecified atom stereocenters. The molecule has 0 aromatic heterocycles. The normalized spacial score (nSPS) is 12.5. The summed E-state index contributed by atoms with van der Waals surface area (Å²) in [5.41, 5.74) is 1.43. The number of hydroxylamine groups is 2. The fourth-order valence-corrected chi connectivity index (χ4v) is 1.57. The molecule has 1 atom stereocenters. The predicted molar refractivity (Wildman–Crippen MR) is 69.7 cm³/mol. The summed E-state index contributed by atoms with van der Waals surface area (Å²) in [6, 6.07) is 7.08. The molecule has 18 heavy (non-hydrogen) atoms. The molecule has 0 amide bonds. The first-order valence-electron chi connectivity index (χ1n) is 5.58. The summed E-state index contributed by atoms with van der Waals surface area (Å²) in [7, 11) is 1.71. The van der Waals surface area contributed by atoms with Crippen molar-refractivity contribution in [3.05, 3.63) is 35.4 Å².